The van der Waals surface area contributed by atoms with Gasteiger partial charge in [0, 0.05) is 24.1 Å². The molecule has 2 nitrogen and oxygen atoms in total. The van der Waals surface area contributed by atoms with Crippen LogP contribution in [0.2, 0.25) is 0 Å². The predicted molar refractivity (Wildman–Crippen MR) is 66.4 cm³/mol. The molecule has 0 aliphatic carbocycles. The third-order valence-electron chi connectivity index (χ3n) is 2.74. The summed E-state index contributed by atoms with van der Waals surface area (Å²) in [5, 5.41) is 0. The van der Waals surface area contributed by atoms with Crippen molar-refractivity contribution in [2.45, 2.75) is 19.8 Å². The molecule has 84 valence electrons. The number of nitrogens with zero attached hydrogens (tertiary/aromatic N) is 1. The Morgan fingerprint density at radius 2 is 1.81 bits per heavy atom. The molecule has 0 bridgehead atoms. The third-order valence-corrected chi connectivity index (χ3v) is 2.74. The molecule has 1 aromatic heterocycles. The van der Waals surface area contributed by atoms with Crippen LogP contribution in [0.15, 0.2) is 42.7 Å². The molecular weight excluding hydrogens is 198 g/mol. The lowest BCUT2D eigenvalue weighted by Crippen LogP contribution is -1.97. The lowest BCUT2D eigenvalue weighted by Gasteiger charge is -2.13. The number of ether oxygens (including phenoxy) is 1. The number of hydrogen-bond acceptors (Lipinski definition) is 1. The van der Waals surface area contributed by atoms with E-state index in [0.29, 0.717) is 5.92 Å². The Balaban J connectivity index is 2.45. The first kappa shape index (κ1) is 10.8. The molecule has 16 heavy (non-hydrogen) atoms. The van der Waals surface area contributed by atoms with E-state index in [9.17, 15) is 0 Å². The van der Waals surface area contributed by atoms with Gasteiger partial charge in [0.2, 0.25) is 0 Å². The highest BCUT2D eigenvalue weighted by atomic mass is 16.5. The Bertz CT molecular complexity index is 458. The molecule has 0 aliphatic heterocycles. The zero-order valence-corrected chi connectivity index (χ0v) is 9.97. The normalized spacial score (nSPS) is 10.8. The second kappa shape index (κ2) is 4.44. The topological polar surface area (TPSA) is 14.2 Å². The molecule has 0 N–H and O–H groups in total. The summed E-state index contributed by atoms with van der Waals surface area (Å²) in [5.74, 6) is 1.44. The molecule has 1 aromatic carbocycles. The summed E-state index contributed by atoms with van der Waals surface area (Å²) in [6, 6.07) is 10.4. The van der Waals surface area contributed by atoms with E-state index < -0.39 is 0 Å². The van der Waals surface area contributed by atoms with Crippen LogP contribution in [-0.4, -0.2) is 11.7 Å². The van der Waals surface area contributed by atoms with Crippen molar-refractivity contribution in [2.75, 3.05) is 7.11 Å². The summed E-state index contributed by atoms with van der Waals surface area (Å²) >= 11 is 0. The summed E-state index contributed by atoms with van der Waals surface area (Å²) in [6.45, 7) is 4.35. The van der Waals surface area contributed by atoms with Crippen molar-refractivity contribution in [3.8, 4) is 11.4 Å². The fourth-order valence-electron chi connectivity index (χ4n) is 1.84. The molecule has 0 spiro atoms. The van der Waals surface area contributed by atoms with Gasteiger partial charge in [-0.05, 0) is 29.7 Å². The van der Waals surface area contributed by atoms with Gasteiger partial charge in [0.25, 0.3) is 0 Å². The largest absolute Gasteiger partial charge is 0.496 e. The van der Waals surface area contributed by atoms with Crippen LogP contribution >= 0.6 is 0 Å². The molecule has 1 heterocycles. The van der Waals surface area contributed by atoms with Crippen LogP contribution in [0.1, 0.15) is 25.3 Å². The molecule has 0 saturated heterocycles. The molecule has 0 atom stereocenters. The Morgan fingerprint density at radius 3 is 2.38 bits per heavy atom. The zero-order valence-electron chi connectivity index (χ0n) is 9.97. The fourth-order valence-corrected chi connectivity index (χ4v) is 1.84. The Hall–Kier alpha value is -1.70. The summed E-state index contributed by atoms with van der Waals surface area (Å²) in [7, 11) is 1.72. The van der Waals surface area contributed by atoms with Crippen molar-refractivity contribution in [1.82, 2.24) is 4.57 Å². The third kappa shape index (κ3) is 1.96. The second-order valence-corrected chi connectivity index (χ2v) is 4.17. The van der Waals surface area contributed by atoms with E-state index in [2.05, 4.69) is 36.6 Å². The van der Waals surface area contributed by atoms with Gasteiger partial charge in [0.05, 0.1) is 7.11 Å². The molecule has 0 saturated carbocycles. The Morgan fingerprint density at radius 1 is 1.12 bits per heavy atom. The van der Waals surface area contributed by atoms with E-state index in [-0.39, 0.29) is 0 Å². The van der Waals surface area contributed by atoms with Crippen LogP contribution in [-0.2, 0) is 0 Å². The van der Waals surface area contributed by atoms with Crippen molar-refractivity contribution < 1.29 is 4.74 Å². The minimum atomic E-state index is 0.480. The standard InChI is InChI=1S/C14H17NO/c1-11(2)13-7-6-12(10-14(13)16-3)15-8-4-5-9-15/h4-11H,1-3H3. The first-order chi connectivity index (χ1) is 7.72. The Labute approximate surface area is 96.5 Å². The summed E-state index contributed by atoms with van der Waals surface area (Å²) in [5.41, 5.74) is 2.38. The van der Waals surface area contributed by atoms with Crippen LogP contribution in [0.4, 0.5) is 0 Å². The minimum Gasteiger partial charge on any atom is -0.496 e. The first-order valence-corrected chi connectivity index (χ1v) is 5.53. The summed E-state index contributed by atoms with van der Waals surface area (Å²) in [4.78, 5) is 0. The van der Waals surface area contributed by atoms with E-state index in [1.165, 1.54) is 5.56 Å². The highest BCUT2D eigenvalue weighted by Gasteiger charge is 2.08. The SMILES string of the molecule is COc1cc(-n2cccc2)ccc1C(C)C. The van der Waals surface area contributed by atoms with E-state index in [4.69, 9.17) is 4.74 Å². The lowest BCUT2D eigenvalue weighted by atomic mass is 10.0. The van der Waals surface area contributed by atoms with Crippen LogP contribution < -0.4 is 4.74 Å². The number of hydrogen-bond donors (Lipinski definition) is 0. The van der Waals surface area contributed by atoms with Crippen molar-refractivity contribution in [3.05, 3.63) is 48.3 Å². The molecule has 0 unspecified atom stereocenters. The molecule has 0 radical (unpaired) electrons. The average Bonchev–Trinajstić information content (AvgIpc) is 2.81. The molecule has 2 rings (SSSR count). The molecule has 0 fully saturated rings. The molecule has 0 aliphatic rings. The quantitative estimate of drug-likeness (QED) is 0.763. The minimum absolute atomic E-state index is 0.480. The van der Waals surface area contributed by atoms with Gasteiger partial charge in [-0.25, -0.2) is 0 Å². The van der Waals surface area contributed by atoms with E-state index in [0.717, 1.165) is 11.4 Å². The highest BCUT2D eigenvalue weighted by molar-refractivity contribution is 5.46. The monoisotopic (exact) mass is 215 g/mol. The van der Waals surface area contributed by atoms with Gasteiger partial charge < -0.3 is 9.30 Å². The van der Waals surface area contributed by atoms with Gasteiger partial charge in [-0.2, -0.15) is 0 Å². The van der Waals surface area contributed by atoms with Crippen LogP contribution in [0.25, 0.3) is 5.69 Å². The summed E-state index contributed by atoms with van der Waals surface area (Å²) in [6.07, 6.45) is 4.06. The van der Waals surface area contributed by atoms with Gasteiger partial charge in [-0.1, -0.05) is 19.9 Å². The molecule has 0 amide bonds. The van der Waals surface area contributed by atoms with Crippen LogP contribution in [0.5, 0.6) is 5.75 Å². The van der Waals surface area contributed by atoms with Gasteiger partial charge in [-0.15, -0.1) is 0 Å². The van der Waals surface area contributed by atoms with E-state index in [1.807, 2.05) is 24.5 Å². The maximum Gasteiger partial charge on any atom is 0.124 e. The van der Waals surface area contributed by atoms with Crippen LogP contribution in [0, 0.1) is 0 Å². The molecular formula is C14H17NO. The van der Waals surface area contributed by atoms with Crippen molar-refractivity contribution >= 4 is 0 Å². The van der Waals surface area contributed by atoms with Crippen molar-refractivity contribution in [3.63, 3.8) is 0 Å². The Kier molecular flexibility index (Phi) is 3.00. The average molecular weight is 215 g/mol. The molecule has 2 aromatic rings. The van der Waals surface area contributed by atoms with Gasteiger partial charge in [-0.3, -0.25) is 0 Å². The number of benzene rings is 1. The van der Waals surface area contributed by atoms with Gasteiger partial charge in [0.15, 0.2) is 0 Å². The summed E-state index contributed by atoms with van der Waals surface area (Å²) < 4.78 is 7.51. The predicted octanol–water partition coefficient (Wildman–Crippen LogP) is 3.61. The molecule has 2 heteroatoms. The van der Waals surface area contributed by atoms with Crippen molar-refractivity contribution in [2.24, 2.45) is 0 Å². The fraction of sp³-hybridized carbons (Fsp3) is 0.286. The van der Waals surface area contributed by atoms with E-state index >= 15 is 0 Å². The lowest BCUT2D eigenvalue weighted by molar-refractivity contribution is 0.407. The second-order valence-electron chi connectivity index (χ2n) is 4.17. The van der Waals surface area contributed by atoms with Crippen LogP contribution in [0.3, 0.4) is 0 Å². The van der Waals surface area contributed by atoms with Gasteiger partial charge in [0.1, 0.15) is 5.75 Å². The maximum atomic E-state index is 5.43. The zero-order chi connectivity index (χ0) is 11.5. The smallest absolute Gasteiger partial charge is 0.124 e. The van der Waals surface area contributed by atoms with Crippen molar-refractivity contribution in [1.29, 1.82) is 0 Å². The number of rotatable bonds is 3. The van der Waals surface area contributed by atoms with Gasteiger partial charge >= 0.3 is 0 Å². The van der Waals surface area contributed by atoms with E-state index in [1.54, 1.807) is 7.11 Å². The number of aromatic nitrogens is 1. The number of methoxy groups -OCH3 is 1. The highest BCUT2D eigenvalue weighted by Crippen LogP contribution is 2.28. The maximum absolute atomic E-state index is 5.43. The first-order valence-electron chi connectivity index (χ1n) is 5.53.